The van der Waals surface area contributed by atoms with E-state index in [9.17, 15) is 0 Å². The van der Waals surface area contributed by atoms with Gasteiger partial charge in [0.2, 0.25) is 0 Å². The van der Waals surface area contributed by atoms with Crippen molar-refractivity contribution in [2.45, 2.75) is 43.9 Å². The molecule has 0 aromatic heterocycles. The van der Waals surface area contributed by atoms with Crippen molar-refractivity contribution >= 4 is 23.4 Å². The van der Waals surface area contributed by atoms with Crippen molar-refractivity contribution in [1.82, 2.24) is 5.32 Å². The van der Waals surface area contributed by atoms with Gasteiger partial charge in [0.25, 0.3) is 0 Å². The minimum absolute atomic E-state index is 0.593. The van der Waals surface area contributed by atoms with Gasteiger partial charge in [-0.3, -0.25) is 0 Å². The van der Waals surface area contributed by atoms with Gasteiger partial charge < -0.3 is 5.32 Å². The zero-order chi connectivity index (χ0) is 12.8. The molecule has 1 aliphatic heterocycles. The van der Waals surface area contributed by atoms with E-state index in [0.29, 0.717) is 6.04 Å². The summed E-state index contributed by atoms with van der Waals surface area (Å²) in [6.45, 7) is 3.34. The monoisotopic (exact) mass is 283 g/mol. The number of benzene rings is 1. The number of rotatable bonds is 6. The van der Waals surface area contributed by atoms with E-state index in [0.717, 1.165) is 23.2 Å². The summed E-state index contributed by atoms with van der Waals surface area (Å²) in [5.74, 6) is 1.32. The lowest BCUT2D eigenvalue weighted by molar-refractivity contribution is 0.482. The van der Waals surface area contributed by atoms with E-state index >= 15 is 0 Å². The summed E-state index contributed by atoms with van der Waals surface area (Å²) in [5, 5.41) is 5.34. The molecule has 1 aromatic rings. The first-order valence-electron chi connectivity index (χ1n) is 6.89. The van der Waals surface area contributed by atoms with Gasteiger partial charge in [-0.1, -0.05) is 30.7 Å². The fourth-order valence-corrected chi connectivity index (χ4v) is 4.11. The highest BCUT2D eigenvalue weighted by atomic mass is 35.5. The van der Waals surface area contributed by atoms with Crippen molar-refractivity contribution in [2.24, 2.45) is 0 Å². The summed E-state index contributed by atoms with van der Waals surface area (Å²) in [5.41, 5.74) is 1.35. The number of hydrogen-bond acceptors (Lipinski definition) is 2. The molecule has 0 amide bonds. The molecule has 0 bridgehead atoms. The average Bonchev–Trinajstić information content (AvgIpc) is 2.88. The molecule has 1 saturated heterocycles. The first kappa shape index (κ1) is 14.2. The molecule has 3 heteroatoms. The average molecular weight is 284 g/mol. The number of thioether (sulfide) groups is 1. The van der Waals surface area contributed by atoms with Crippen molar-refractivity contribution in [3.05, 3.63) is 34.9 Å². The Morgan fingerprint density at radius 2 is 2.39 bits per heavy atom. The molecule has 2 rings (SSSR count). The molecule has 2 unspecified atom stereocenters. The van der Waals surface area contributed by atoms with E-state index < -0.39 is 0 Å². The minimum Gasteiger partial charge on any atom is -0.313 e. The van der Waals surface area contributed by atoms with Crippen LogP contribution in [0.2, 0.25) is 5.02 Å². The van der Waals surface area contributed by atoms with Crippen LogP contribution in [0, 0.1) is 0 Å². The molecule has 0 saturated carbocycles. The molecule has 0 radical (unpaired) electrons. The highest BCUT2D eigenvalue weighted by Crippen LogP contribution is 2.30. The van der Waals surface area contributed by atoms with Gasteiger partial charge >= 0.3 is 0 Å². The number of hydrogen-bond donors (Lipinski definition) is 1. The van der Waals surface area contributed by atoms with Gasteiger partial charge in [-0.25, -0.2) is 0 Å². The lowest BCUT2D eigenvalue weighted by atomic mass is 10.0. The maximum Gasteiger partial charge on any atom is 0.0408 e. The summed E-state index contributed by atoms with van der Waals surface area (Å²) in [4.78, 5) is 0. The van der Waals surface area contributed by atoms with Crippen LogP contribution < -0.4 is 5.32 Å². The van der Waals surface area contributed by atoms with Crippen molar-refractivity contribution < 1.29 is 0 Å². The summed E-state index contributed by atoms with van der Waals surface area (Å²) in [6, 6.07) is 8.88. The molecule has 18 heavy (non-hydrogen) atoms. The van der Waals surface area contributed by atoms with Crippen molar-refractivity contribution in [2.75, 3.05) is 12.3 Å². The van der Waals surface area contributed by atoms with Crippen molar-refractivity contribution in [3.63, 3.8) is 0 Å². The molecule has 1 heterocycles. The van der Waals surface area contributed by atoms with Crippen LogP contribution in [0.25, 0.3) is 0 Å². The van der Waals surface area contributed by atoms with Gasteiger partial charge in [0, 0.05) is 16.3 Å². The second kappa shape index (κ2) is 7.42. The highest BCUT2D eigenvalue weighted by Gasteiger charge is 2.25. The molecule has 1 nitrogen and oxygen atoms in total. The van der Waals surface area contributed by atoms with E-state index in [1.165, 1.54) is 30.6 Å². The Balaban J connectivity index is 1.99. The Morgan fingerprint density at radius 3 is 3.06 bits per heavy atom. The number of halogens is 1. The summed E-state index contributed by atoms with van der Waals surface area (Å²) >= 11 is 8.20. The summed E-state index contributed by atoms with van der Waals surface area (Å²) < 4.78 is 0. The molecule has 1 fully saturated rings. The second-order valence-corrected chi connectivity index (χ2v) is 6.73. The first-order chi connectivity index (χ1) is 8.79. The van der Waals surface area contributed by atoms with Gasteiger partial charge in [-0.2, -0.15) is 11.8 Å². The molecule has 100 valence electrons. The molecule has 1 N–H and O–H groups in total. The standard InChI is InChI=1S/C15H22ClNS/c1-2-8-17-14(15-7-4-9-18-15)11-12-5-3-6-13(16)10-12/h3,5-6,10,14-15,17H,2,4,7-9,11H2,1H3. The fraction of sp³-hybridized carbons (Fsp3) is 0.600. The van der Waals surface area contributed by atoms with Crippen LogP contribution in [-0.4, -0.2) is 23.6 Å². The Labute approximate surface area is 120 Å². The molecule has 1 aliphatic rings. The zero-order valence-electron chi connectivity index (χ0n) is 11.0. The van der Waals surface area contributed by atoms with E-state index in [4.69, 9.17) is 11.6 Å². The first-order valence-corrected chi connectivity index (χ1v) is 8.31. The van der Waals surface area contributed by atoms with Crippen LogP contribution >= 0.6 is 23.4 Å². The SMILES string of the molecule is CCCNC(Cc1cccc(Cl)c1)C1CCCS1. The lowest BCUT2D eigenvalue weighted by Crippen LogP contribution is -2.39. The maximum atomic E-state index is 6.07. The Hall–Kier alpha value is -0.180. The largest absolute Gasteiger partial charge is 0.313 e. The third kappa shape index (κ3) is 4.18. The Bertz CT molecular complexity index is 363. The van der Waals surface area contributed by atoms with E-state index in [1.807, 2.05) is 6.07 Å². The predicted octanol–water partition coefficient (Wildman–Crippen LogP) is 4.15. The Morgan fingerprint density at radius 1 is 1.50 bits per heavy atom. The van der Waals surface area contributed by atoms with Crippen molar-refractivity contribution in [3.8, 4) is 0 Å². The predicted molar refractivity (Wildman–Crippen MR) is 82.7 cm³/mol. The van der Waals surface area contributed by atoms with E-state index in [1.54, 1.807) is 0 Å². The van der Waals surface area contributed by atoms with Gasteiger partial charge in [0.15, 0.2) is 0 Å². The van der Waals surface area contributed by atoms with Crippen LogP contribution in [0.3, 0.4) is 0 Å². The van der Waals surface area contributed by atoms with E-state index in [2.05, 4.69) is 42.2 Å². The van der Waals surface area contributed by atoms with Gasteiger partial charge in [0.1, 0.15) is 0 Å². The fourth-order valence-electron chi connectivity index (χ4n) is 2.50. The summed E-state index contributed by atoms with van der Waals surface area (Å²) in [6.07, 6.45) is 5.02. The van der Waals surface area contributed by atoms with Gasteiger partial charge in [-0.15, -0.1) is 0 Å². The van der Waals surface area contributed by atoms with Crippen LogP contribution in [0.1, 0.15) is 31.7 Å². The highest BCUT2D eigenvalue weighted by molar-refractivity contribution is 8.00. The van der Waals surface area contributed by atoms with Crippen LogP contribution in [0.4, 0.5) is 0 Å². The molecule has 1 aromatic carbocycles. The van der Waals surface area contributed by atoms with Crippen LogP contribution in [0.5, 0.6) is 0 Å². The molecule has 0 spiro atoms. The molecule has 2 atom stereocenters. The maximum absolute atomic E-state index is 6.07. The number of nitrogens with one attached hydrogen (secondary N) is 1. The smallest absolute Gasteiger partial charge is 0.0408 e. The van der Waals surface area contributed by atoms with Gasteiger partial charge in [0.05, 0.1) is 0 Å². The third-order valence-electron chi connectivity index (χ3n) is 3.41. The second-order valence-electron chi connectivity index (χ2n) is 4.95. The normalized spacial score (nSPS) is 21.1. The minimum atomic E-state index is 0.593. The molecule has 0 aliphatic carbocycles. The molecular weight excluding hydrogens is 262 g/mol. The summed E-state index contributed by atoms with van der Waals surface area (Å²) in [7, 11) is 0. The van der Waals surface area contributed by atoms with Crippen molar-refractivity contribution in [1.29, 1.82) is 0 Å². The van der Waals surface area contributed by atoms with E-state index in [-0.39, 0.29) is 0 Å². The van der Waals surface area contributed by atoms with Crippen LogP contribution in [0.15, 0.2) is 24.3 Å². The van der Waals surface area contributed by atoms with Crippen LogP contribution in [-0.2, 0) is 6.42 Å². The topological polar surface area (TPSA) is 12.0 Å². The quantitative estimate of drug-likeness (QED) is 0.842. The zero-order valence-corrected chi connectivity index (χ0v) is 12.6. The molecular formula is C15H22ClNS. The third-order valence-corrected chi connectivity index (χ3v) is 5.17. The van der Waals surface area contributed by atoms with Gasteiger partial charge in [-0.05, 0) is 55.7 Å². The lowest BCUT2D eigenvalue weighted by Gasteiger charge is -2.24. The Kier molecular flexibility index (Phi) is 5.87.